The number of hydrogen-bond donors (Lipinski definition) is 0. The molecule has 2 aromatic heterocycles. The van der Waals surface area contributed by atoms with E-state index >= 15 is 0 Å². The van der Waals surface area contributed by atoms with Crippen LogP contribution in [0.15, 0.2) is 71.3 Å². The molecule has 0 radical (unpaired) electrons. The summed E-state index contributed by atoms with van der Waals surface area (Å²) >= 11 is 6.00. The van der Waals surface area contributed by atoms with Crippen molar-refractivity contribution in [1.82, 2.24) is 14.7 Å². The van der Waals surface area contributed by atoms with Crippen LogP contribution in [0.5, 0.6) is 5.75 Å². The number of hydrogen-bond acceptors (Lipinski definition) is 4. The third-order valence-corrected chi connectivity index (χ3v) is 5.01. The number of carbonyl (C=O) groups excluding carboxylic acids is 1. The Hall–Kier alpha value is -3.58. The van der Waals surface area contributed by atoms with Crippen molar-refractivity contribution in [1.29, 1.82) is 0 Å². The summed E-state index contributed by atoms with van der Waals surface area (Å²) in [6, 6.07) is 16.9. The minimum absolute atomic E-state index is 0.155. The number of furan rings is 1. The first-order valence-corrected chi connectivity index (χ1v) is 9.82. The van der Waals surface area contributed by atoms with Gasteiger partial charge in [0.25, 0.3) is 5.91 Å². The van der Waals surface area contributed by atoms with Gasteiger partial charge in [-0.25, -0.2) is 9.07 Å². The third kappa shape index (κ3) is 4.32. The van der Waals surface area contributed by atoms with Gasteiger partial charge in [-0.2, -0.15) is 5.10 Å². The van der Waals surface area contributed by atoms with Gasteiger partial charge >= 0.3 is 0 Å². The molecule has 0 aliphatic carbocycles. The molecule has 0 bridgehead atoms. The highest BCUT2D eigenvalue weighted by molar-refractivity contribution is 6.30. The Morgan fingerprint density at radius 2 is 1.97 bits per heavy atom. The summed E-state index contributed by atoms with van der Waals surface area (Å²) in [5.74, 6) is -0.0615. The number of benzene rings is 2. The lowest BCUT2D eigenvalue weighted by molar-refractivity contribution is 0.0778. The van der Waals surface area contributed by atoms with Crippen molar-refractivity contribution in [2.75, 3.05) is 14.2 Å². The van der Waals surface area contributed by atoms with E-state index in [1.165, 1.54) is 24.1 Å². The Balaban J connectivity index is 1.64. The summed E-state index contributed by atoms with van der Waals surface area (Å²) < 4.78 is 26.1. The molecule has 0 saturated carbocycles. The minimum Gasteiger partial charge on any atom is -0.494 e. The largest absolute Gasteiger partial charge is 0.494 e. The second-order valence-corrected chi connectivity index (χ2v) is 7.35. The van der Waals surface area contributed by atoms with Gasteiger partial charge in [-0.15, -0.1) is 0 Å². The van der Waals surface area contributed by atoms with Gasteiger partial charge in [0.15, 0.2) is 23.0 Å². The molecule has 8 heteroatoms. The molecule has 0 atom stereocenters. The summed E-state index contributed by atoms with van der Waals surface area (Å²) in [5.41, 5.74) is 2.23. The Morgan fingerprint density at radius 3 is 2.61 bits per heavy atom. The topological polar surface area (TPSA) is 60.5 Å². The molecule has 0 N–H and O–H groups in total. The molecule has 31 heavy (non-hydrogen) atoms. The fraction of sp³-hybridized carbons (Fsp3) is 0.130. The number of nitrogens with zero attached hydrogens (tertiary/aromatic N) is 3. The highest BCUT2D eigenvalue weighted by atomic mass is 35.5. The van der Waals surface area contributed by atoms with Crippen molar-refractivity contribution in [2.24, 2.45) is 0 Å². The van der Waals surface area contributed by atoms with Crippen molar-refractivity contribution >= 4 is 17.5 Å². The summed E-state index contributed by atoms with van der Waals surface area (Å²) in [6.45, 7) is 0.212. The van der Waals surface area contributed by atoms with E-state index in [0.717, 1.165) is 5.69 Å². The second kappa shape index (κ2) is 8.65. The summed E-state index contributed by atoms with van der Waals surface area (Å²) in [7, 11) is 3.04. The molecule has 158 valence electrons. The molecule has 0 aliphatic rings. The molecule has 0 aliphatic heterocycles. The summed E-state index contributed by atoms with van der Waals surface area (Å²) in [4.78, 5) is 14.5. The van der Waals surface area contributed by atoms with Gasteiger partial charge in [0, 0.05) is 24.7 Å². The maximum absolute atomic E-state index is 14.0. The van der Waals surface area contributed by atoms with Gasteiger partial charge in [0.2, 0.25) is 0 Å². The molecule has 2 heterocycles. The van der Waals surface area contributed by atoms with Crippen molar-refractivity contribution in [3.63, 3.8) is 0 Å². The molecule has 6 nitrogen and oxygen atoms in total. The molecular formula is C23H19ClFN3O3. The first-order chi connectivity index (χ1) is 15.0. The quantitative estimate of drug-likeness (QED) is 0.414. The van der Waals surface area contributed by atoms with Crippen LogP contribution in [0.25, 0.3) is 17.1 Å². The Kier molecular flexibility index (Phi) is 5.77. The van der Waals surface area contributed by atoms with Crippen molar-refractivity contribution in [3.8, 4) is 22.9 Å². The Labute approximate surface area is 183 Å². The monoisotopic (exact) mass is 439 g/mol. The van der Waals surface area contributed by atoms with E-state index in [4.69, 9.17) is 20.8 Å². The van der Waals surface area contributed by atoms with E-state index in [9.17, 15) is 9.18 Å². The first kappa shape index (κ1) is 20.7. The van der Waals surface area contributed by atoms with Crippen LogP contribution in [0.1, 0.15) is 16.1 Å². The van der Waals surface area contributed by atoms with Crippen LogP contribution in [0.4, 0.5) is 4.39 Å². The molecule has 0 unspecified atom stereocenters. The average Bonchev–Trinajstić information content (AvgIpc) is 3.44. The number of halogens is 2. The van der Waals surface area contributed by atoms with Crippen LogP contribution in [0, 0.1) is 5.82 Å². The van der Waals surface area contributed by atoms with Crippen LogP contribution >= 0.6 is 11.6 Å². The molecule has 4 rings (SSSR count). The average molecular weight is 440 g/mol. The molecular weight excluding hydrogens is 421 g/mol. The zero-order valence-electron chi connectivity index (χ0n) is 16.9. The highest BCUT2D eigenvalue weighted by Gasteiger charge is 2.21. The smallest absolute Gasteiger partial charge is 0.274 e. The van der Waals surface area contributed by atoms with Gasteiger partial charge in [0.1, 0.15) is 5.69 Å². The predicted octanol–water partition coefficient (Wildman–Crippen LogP) is 5.21. The maximum atomic E-state index is 14.0. The Bertz CT molecular complexity index is 1200. The number of amides is 1. The van der Waals surface area contributed by atoms with E-state index in [-0.39, 0.29) is 23.9 Å². The zero-order valence-corrected chi connectivity index (χ0v) is 17.6. The number of carbonyl (C=O) groups is 1. The number of methoxy groups -OCH3 is 1. The van der Waals surface area contributed by atoms with Crippen LogP contribution in [-0.4, -0.2) is 34.7 Å². The molecule has 0 saturated heterocycles. The highest BCUT2D eigenvalue weighted by Crippen LogP contribution is 2.26. The lowest BCUT2D eigenvalue weighted by Gasteiger charge is -2.16. The van der Waals surface area contributed by atoms with E-state index in [2.05, 4.69) is 5.10 Å². The second-order valence-electron chi connectivity index (χ2n) is 6.91. The van der Waals surface area contributed by atoms with Crippen LogP contribution < -0.4 is 4.74 Å². The predicted molar refractivity (Wildman–Crippen MR) is 115 cm³/mol. The van der Waals surface area contributed by atoms with E-state index in [0.29, 0.717) is 22.0 Å². The Morgan fingerprint density at radius 1 is 1.19 bits per heavy atom. The first-order valence-electron chi connectivity index (χ1n) is 9.44. The van der Waals surface area contributed by atoms with Crippen molar-refractivity contribution in [3.05, 3.63) is 89.0 Å². The third-order valence-electron chi connectivity index (χ3n) is 4.76. The van der Waals surface area contributed by atoms with E-state index in [1.54, 1.807) is 66.5 Å². The van der Waals surface area contributed by atoms with E-state index in [1.807, 2.05) is 0 Å². The standard InChI is InChI=1S/C23H19ClFN3O3/c1-27(14-15-5-10-21(30-2)18(25)12-15)23(29)19-13-20(22-4-3-11-31-22)28(26-19)17-8-6-16(24)7-9-17/h3-13H,14H2,1-2H3. The summed E-state index contributed by atoms with van der Waals surface area (Å²) in [5, 5.41) is 5.10. The zero-order chi connectivity index (χ0) is 22.0. The number of rotatable bonds is 6. The van der Waals surface area contributed by atoms with Gasteiger partial charge < -0.3 is 14.1 Å². The molecule has 1 amide bonds. The van der Waals surface area contributed by atoms with Crippen molar-refractivity contribution < 1.29 is 18.3 Å². The lowest BCUT2D eigenvalue weighted by Crippen LogP contribution is -2.26. The molecule has 0 spiro atoms. The van der Waals surface area contributed by atoms with Gasteiger partial charge in [0.05, 0.1) is 19.1 Å². The SMILES string of the molecule is COc1ccc(CN(C)C(=O)c2cc(-c3ccco3)n(-c3ccc(Cl)cc3)n2)cc1F. The number of aromatic nitrogens is 2. The maximum Gasteiger partial charge on any atom is 0.274 e. The molecule has 4 aromatic rings. The lowest BCUT2D eigenvalue weighted by atomic mass is 10.2. The van der Waals surface area contributed by atoms with Gasteiger partial charge in [-0.05, 0) is 54.1 Å². The normalized spacial score (nSPS) is 10.8. The van der Waals surface area contributed by atoms with Crippen molar-refractivity contribution in [2.45, 2.75) is 6.54 Å². The fourth-order valence-corrected chi connectivity index (χ4v) is 3.34. The van der Waals surface area contributed by atoms with Gasteiger partial charge in [-0.3, -0.25) is 4.79 Å². The van der Waals surface area contributed by atoms with E-state index < -0.39 is 5.82 Å². The molecule has 0 fully saturated rings. The van der Waals surface area contributed by atoms with Crippen LogP contribution in [0.2, 0.25) is 5.02 Å². The van der Waals surface area contributed by atoms with Gasteiger partial charge in [-0.1, -0.05) is 17.7 Å². The fourth-order valence-electron chi connectivity index (χ4n) is 3.21. The molecule has 2 aromatic carbocycles. The van der Waals surface area contributed by atoms with Crippen LogP contribution in [-0.2, 0) is 6.54 Å². The van der Waals surface area contributed by atoms with Crippen LogP contribution in [0.3, 0.4) is 0 Å². The minimum atomic E-state index is -0.479. The number of ether oxygens (including phenoxy) is 1. The summed E-state index contributed by atoms with van der Waals surface area (Å²) in [6.07, 6.45) is 1.56.